The minimum atomic E-state index is -0.0256. The van der Waals surface area contributed by atoms with E-state index < -0.39 is 0 Å². The van der Waals surface area contributed by atoms with Crippen molar-refractivity contribution in [3.63, 3.8) is 0 Å². The number of anilines is 1. The first-order valence-electron chi connectivity index (χ1n) is 5.48. The zero-order valence-corrected chi connectivity index (χ0v) is 11.4. The Morgan fingerprint density at radius 2 is 1.94 bits per heavy atom. The predicted octanol–water partition coefficient (Wildman–Crippen LogP) is 1.91. The normalized spacial score (nSPS) is 9.78. The molecule has 0 aliphatic heterocycles. The largest absolute Gasteiger partial charge is 0.495 e. The van der Waals surface area contributed by atoms with Gasteiger partial charge >= 0.3 is 0 Å². The summed E-state index contributed by atoms with van der Waals surface area (Å²) in [5.41, 5.74) is 0.739. The topological polar surface area (TPSA) is 59.6 Å². The third kappa shape index (κ3) is 3.70. The van der Waals surface area contributed by atoms with Crippen molar-refractivity contribution in [2.75, 3.05) is 33.1 Å². The van der Waals surface area contributed by atoms with Crippen LogP contribution in [0.3, 0.4) is 0 Å². The Morgan fingerprint density at radius 3 is 2.50 bits per heavy atom. The Morgan fingerprint density at radius 1 is 1.28 bits per heavy atom. The molecular formula is C12H17ClN2O3. The molecule has 0 bridgehead atoms. The molecule has 5 nitrogen and oxygen atoms in total. The summed E-state index contributed by atoms with van der Waals surface area (Å²) in [5.74, 6) is 1.14. The van der Waals surface area contributed by atoms with E-state index >= 15 is 0 Å². The van der Waals surface area contributed by atoms with E-state index in [0.29, 0.717) is 29.5 Å². The van der Waals surface area contributed by atoms with Crippen LogP contribution in [0.5, 0.6) is 11.5 Å². The number of methoxy groups -OCH3 is 2. The number of rotatable bonds is 6. The second kappa shape index (κ2) is 6.96. The highest BCUT2D eigenvalue weighted by Gasteiger charge is 2.09. The fraction of sp³-hybridized carbons (Fsp3) is 0.417. The van der Waals surface area contributed by atoms with Gasteiger partial charge in [0.05, 0.1) is 24.9 Å². The third-order valence-corrected chi connectivity index (χ3v) is 2.72. The number of hydrogen-bond acceptors (Lipinski definition) is 4. The van der Waals surface area contributed by atoms with Crippen LogP contribution in [0, 0.1) is 0 Å². The van der Waals surface area contributed by atoms with E-state index in [1.54, 1.807) is 33.4 Å². The molecule has 1 rings (SSSR count). The lowest BCUT2D eigenvalue weighted by molar-refractivity contribution is -0.120. The number of amides is 1. The van der Waals surface area contributed by atoms with Crippen LogP contribution in [0.2, 0.25) is 5.02 Å². The quantitative estimate of drug-likeness (QED) is 0.830. The van der Waals surface area contributed by atoms with Crippen molar-refractivity contribution in [2.45, 2.75) is 6.42 Å². The summed E-state index contributed by atoms with van der Waals surface area (Å²) in [5, 5.41) is 6.14. The zero-order chi connectivity index (χ0) is 13.5. The van der Waals surface area contributed by atoms with Gasteiger partial charge in [0.2, 0.25) is 5.91 Å². The third-order valence-electron chi connectivity index (χ3n) is 2.42. The van der Waals surface area contributed by atoms with Gasteiger partial charge in [-0.15, -0.1) is 0 Å². The van der Waals surface area contributed by atoms with Crippen molar-refractivity contribution < 1.29 is 14.3 Å². The molecule has 0 unspecified atom stereocenters. The molecule has 0 spiro atoms. The molecule has 2 N–H and O–H groups in total. The van der Waals surface area contributed by atoms with Crippen molar-refractivity contribution in [3.8, 4) is 11.5 Å². The Labute approximate surface area is 111 Å². The number of halogens is 1. The minimum absolute atomic E-state index is 0.0256. The molecule has 0 aromatic heterocycles. The maximum atomic E-state index is 11.1. The number of carbonyl (C=O) groups excluding carboxylic acids is 1. The summed E-state index contributed by atoms with van der Waals surface area (Å²) in [6.07, 6.45) is 0.380. The standard InChI is InChI=1S/C12H17ClN2O3/c1-14-12(16)4-5-15-9-7-10(17-2)8(13)6-11(9)18-3/h6-7,15H,4-5H2,1-3H3,(H,14,16). The van der Waals surface area contributed by atoms with E-state index in [2.05, 4.69) is 10.6 Å². The highest BCUT2D eigenvalue weighted by molar-refractivity contribution is 6.32. The van der Waals surface area contributed by atoms with Gasteiger partial charge in [-0.1, -0.05) is 11.6 Å². The van der Waals surface area contributed by atoms with Crippen LogP contribution < -0.4 is 20.1 Å². The van der Waals surface area contributed by atoms with E-state index in [0.717, 1.165) is 5.69 Å². The van der Waals surface area contributed by atoms with E-state index in [1.165, 1.54) is 0 Å². The zero-order valence-electron chi connectivity index (χ0n) is 10.7. The molecule has 1 aromatic carbocycles. The monoisotopic (exact) mass is 272 g/mol. The number of ether oxygens (including phenoxy) is 2. The van der Waals surface area contributed by atoms with Crippen molar-refractivity contribution in [2.24, 2.45) is 0 Å². The molecule has 0 aliphatic rings. The van der Waals surface area contributed by atoms with Crippen LogP contribution in [0.4, 0.5) is 5.69 Å². The molecule has 1 aromatic rings. The van der Waals surface area contributed by atoms with Crippen molar-refractivity contribution >= 4 is 23.2 Å². The van der Waals surface area contributed by atoms with Gasteiger partial charge in [-0.05, 0) is 0 Å². The minimum Gasteiger partial charge on any atom is -0.495 e. The molecule has 6 heteroatoms. The maximum absolute atomic E-state index is 11.1. The number of nitrogens with one attached hydrogen (secondary N) is 2. The Bertz CT molecular complexity index is 424. The second-order valence-corrected chi connectivity index (χ2v) is 3.94. The fourth-order valence-electron chi connectivity index (χ4n) is 1.43. The summed E-state index contributed by atoms with van der Waals surface area (Å²) in [6.45, 7) is 0.501. The fourth-order valence-corrected chi connectivity index (χ4v) is 1.67. The molecule has 100 valence electrons. The van der Waals surface area contributed by atoms with Crippen molar-refractivity contribution in [1.29, 1.82) is 0 Å². The van der Waals surface area contributed by atoms with Gasteiger partial charge in [0.15, 0.2) is 0 Å². The Kier molecular flexibility index (Phi) is 5.58. The summed E-state index contributed by atoms with van der Waals surface area (Å²) in [7, 11) is 4.71. The van der Waals surface area contributed by atoms with Gasteiger partial charge in [0.25, 0.3) is 0 Å². The summed E-state index contributed by atoms with van der Waals surface area (Å²) in [6, 6.07) is 3.41. The Hall–Kier alpha value is -1.62. The van der Waals surface area contributed by atoms with Gasteiger partial charge in [-0.2, -0.15) is 0 Å². The van der Waals surface area contributed by atoms with E-state index in [4.69, 9.17) is 21.1 Å². The van der Waals surface area contributed by atoms with Gasteiger partial charge in [0.1, 0.15) is 11.5 Å². The van der Waals surface area contributed by atoms with Crippen molar-refractivity contribution in [1.82, 2.24) is 5.32 Å². The molecule has 0 heterocycles. The van der Waals surface area contributed by atoms with E-state index in [-0.39, 0.29) is 5.91 Å². The molecule has 0 radical (unpaired) electrons. The summed E-state index contributed by atoms with van der Waals surface area (Å²) < 4.78 is 10.3. The smallest absolute Gasteiger partial charge is 0.221 e. The van der Waals surface area contributed by atoms with Crippen LogP contribution in [-0.4, -0.2) is 33.7 Å². The van der Waals surface area contributed by atoms with Crippen LogP contribution in [0.25, 0.3) is 0 Å². The summed E-state index contributed by atoms with van der Waals surface area (Å²) >= 11 is 5.99. The first kappa shape index (κ1) is 14.4. The van der Waals surface area contributed by atoms with Crippen LogP contribution in [-0.2, 0) is 4.79 Å². The number of benzene rings is 1. The lowest BCUT2D eigenvalue weighted by atomic mass is 10.2. The van der Waals surface area contributed by atoms with Crippen LogP contribution >= 0.6 is 11.6 Å². The van der Waals surface area contributed by atoms with E-state index in [9.17, 15) is 4.79 Å². The molecular weight excluding hydrogens is 256 g/mol. The average molecular weight is 273 g/mol. The van der Waals surface area contributed by atoms with Gasteiger partial charge in [-0.3, -0.25) is 4.79 Å². The summed E-state index contributed by atoms with van der Waals surface area (Å²) in [4.78, 5) is 11.1. The van der Waals surface area contributed by atoms with Crippen molar-refractivity contribution in [3.05, 3.63) is 17.2 Å². The first-order chi connectivity index (χ1) is 8.62. The molecule has 0 aliphatic carbocycles. The number of hydrogen-bond donors (Lipinski definition) is 2. The number of carbonyl (C=O) groups is 1. The molecule has 0 fully saturated rings. The van der Waals surface area contributed by atoms with E-state index in [1.807, 2.05) is 0 Å². The Balaban J connectivity index is 2.76. The molecule has 18 heavy (non-hydrogen) atoms. The average Bonchev–Trinajstić information content (AvgIpc) is 2.39. The van der Waals surface area contributed by atoms with Crippen LogP contribution in [0.1, 0.15) is 6.42 Å². The molecule has 1 amide bonds. The molecule has 0 atom stereocenters. The lowest BCUT2D eigenvalue weighted by Crippen LogP contribution is -2.20. The molecule has 0 saturated carbocycles. The highest BCUT2D eigenvalue weighted by atomic mass is 35.5. The van der Waals surface area contributed by atoms with Gasteiger partial charge in [-0.25, -0.2) is 0 Å². The van der Waals surface area contributed by atoms with Crippen LogP contribution in [0.15, 0.2) is 12.1 Å². The van der Waals surface area contributed by atoms with Gasteiger partial charge in [0, 0.05) is 32.1 Å². The SMILES string of the molecule is CNC(=O)CCNc1cc(OC)c(Cl)cc1OC. The second-order valence-electron chi connectivity index (χ2n) is 3.54. The van der Waals surface area contributed by atoms with Gasteiger partial charge < -0.3 is 20.1 Å². The lowest BCUT2D eigenvalue weighted by Gasteiger charge is -2.13. The first-order valence-corrected chi connectivity index (χ1v) is 5.86. The maximum Gasteiger partial charge on any atom is 0.221 e. The molecule has 0 saturated heterocycles. The highest BCUT2D eigenvalue weighted by Crippen LogP contribution is 2.35. The predicted molar refractivity (Wildman–Crippen MR) is 71.7 cm³/mol.